The van der Waals surface area contributed by atoms with Crippen molar-refractivity contribution in [2.45, 2.75) is 0 Å². The molecule has 0 atom stereocenters. The van der Waals surface area contributed by atoms with Gasteiger partial charge in [-0.25, -0.2) is 9.37 Å². The molecule has 3 nitrogen and oxygen atoms in total. The van der Waals surface area contributed by atoms with Crippen molar-refractivity contribution in [3.8, 4) is 11.3 Å². The van der Waals surface area contributed by atoms with Gasteiger partial charge in [0.05, 0.1) is 23.1 Å². The van der Waals surface area contributed by atoms with E-state index in [1.807, 2.05) is 48.5 Å². The second-order valence-corrected chi connectivity index (χ2v) is 7.02. The number of para-hydroxylation sites is 1. The monoisotopic (exact) mass is 391 g/mol. The van der Waals surface area contributed by atoms with E-state index in [0.717, 1.165) is 44.2 Å². The first-order valence-corrected chi connectivity index (χ1v) is 9.70. The van der Waals surface area contributed by atoms with Crippen LogP contribution in [-0.4, -0.2) is 11.2 Å². The van der Waals surface area contributed by atoms with Crippen LogP contribution in [0.2, 0.25) is 0 Å². The standard InChI is InChI=1S/C26H18FN3/c27-21-13-10-19(11-14-21)25-16-20(17-28-30-22-7-2-1-3-8-22)24-15-12-18-6-4-5-9-23(18)26(24)29-25/h1-17,30H. The van der Waals surface area contributed by atoms with Crippen LogP contribution in [-0.2, 0) is 0 Å². The fourth-order valence-corrected chi connectivity index (χ4v) is 3.55. The Hall–Kier alpha value is -4.05. The van der Waals surface area contributed by atoms with Crippen LogP contribution in [0.1, 0.15) is 5.56 Å². The molecule has 0 spiro atoms. The van der Waals surface area contributed by atoms with Crippen LogP contribution >= 0.6 is 0 Å². The Balaban J connectivity index is 1.67. The highest BCUT2D eigenvalue weighted by Crippen LogP contribution is 2.29. The predicted molar refractivity (Wildman–Crippen MR) is 122 cm³/mol. The lowest BCUT2D eigenvalue weighted by Crippen LogP contribution is -1.95. The van der Waals surface area contributed by atoms with Gasteiger partial charge in [0.15, 0.2) is 0 Å². The van der Waals surface area contributed by atoms with Gasteiger partial charge in [-0.3, -0.25) is 5.43 Å². The van der Waals surface area contributed by atoms with E-state index in [4.69, 9.17) is 4.98 Å². The van der Waals surface area contributed by atoms with Gasteiger partial charge in [-0.2, -0.15) is 5.10 Å². The molecule has 0 saturated carbocycles. The third-order valence-electron chi connectivity index (χ3n) is 5.05. The molecule has 1 aromatic heterocycles. The van der Waals surface area contributed by atoms with E-state index in [1.165, 1.54) is 12.1 Å². The molecule has 0 unspecified atom stereocenters. The molecule has 0 radical (unpaired) electrons. The zero-order valence-corrected chi connectivity index (χ0v) is 16.1. The smallest absolute Gasteiger partial charge is 0.123 e. The van der Waals surface area contributed by atoms with Crippen molar-refractivity contribution >= 4 is 33.6 Å². The molecule has 0 saturated heterocycles. The van der Waals surface area contributed by atoms with Crippen molar-refractivity contribution in [1.82, 2.24) is 4.98 Å². The molecule has 0 aliphatic carbocycles. The van der Waals surface area contributed by atoms with Gasteiger partial charge in [0.1, 0.15) is 5.82 Å². The van der Waals surface area contributed by atoms with Crippen LogP contribution in [0, 0.1) is 5.82 Å². The molecule has 4 aromatic carbocycles. The van der Waals surface area contributed by atoms with Crippen molar-refractivity contribution in [3.05, 3.63) is 108 Å². The minimum atomic E-state index is -0.265. The van der Waals surface area contributed by atoms with E-state index in [-0.39, 0.29) is 5.82 Å². The number of halogens is 1. The Kier molecular flexibility index (Phi) is 4.66. The van der Waals surface area contributed by atoms with Crippen LogP contribution in [0.25, 0.3) is 32.9 Å². The van der Waals surface area contributed by atoms with Crippen molar-refractivity contribution in [2.75, 3.05) is 5.43 Å². The molecule has 0 fully saturated rings. The van der Waals surface area contributed by atoms with Gasteiger partial charge in [0.2, 0.25) is 0 Å². The maximum absolute atomic E-state index is 13.4. The van der Waals surface area contributed by atoms with E-state index >= 15 is 0 Å². The number of aromatic nitrogens is 1. The first kappa shape index (κ1) is 18.0. The summed E-state index contributed by atoms with van der Waals surface area (Å²) in [6, 6.07) is 30.5. The molecular weight excluding hydrogens is 373 g/mol. The molecule has 0 amide bonds. The highest BCUT2D eigenvalue weighted by molar-refractivity contribution is 6.11. The topological polar surface area (TPSA) is 37.3 Å². The summed E-state index contributed by atoms with van der Waals surface area (Å²) < 4.78 is 13.4. The SMILES string of the molecule is Fc1ccc(-c2cc(C=NNc3ccccc3)c3ccc4ccccc4c3n2)cc1. The predicted octanol–water partition coefficient (Wildman–Crippen LogP) is 6.64. The number of fused-ring (bicyclic) bond motifs is 3. The number of hydrogen-bond acceptors (Lipinski definition) is 3. The number of nitrogens with zero attached hydrogens (tertiary/aromatic N) is 2. The number of benzene rings is 4. The molecule has 4 heteroatoms. The first-order chi connectivity index (χ1) is 14.8. The average molecular weight is 391 g/mol. The largest absolute Gasteiger partial charge is 0.279 e. The average Bonchev–Trinajstić information content (AvgIpc) is 2.80. The van der Waals surface area contributed by atoms with Gasteiger partial charge in [-0.05, 0) is 47.9 Å². The van der Waals surface area contributed by atoms with E-state index in [2.05, 4.69) is 34.8 Å². The molecule has 30 heavy (non-hydrogen) atoms. The van der Waals surface area contributed by atoms with Crippen LogP contribution in [0.3, 0.4) is 0 Å². The van der Waals surface area contributed by atoms with Crippen LogP contribution < -0.4 is 5.43 Å². The number of hydrogen-bond donors (Lipinski definition) is 1. The fourth-order valence-electron chi connectivity index (χ4n) is 3.55. The van der Waals surface area contributed by atoms with Crippen molar-refractivity contribution in [2.24, 2.45) is 5.10 Å². The van der Waals surface area contributed by atoms with E-state index in [9.17, 15) is 4.39 Å². The maximum Gasteiger partial charge on any atom is 0.123 e. The maximum atomic E-state index is 13.4. The third kappa shape index (κ3) is 3.51. The summed E-state index contributed by atoms with van der Waals surface area (Å²) in [4.78, 5) is 4.93. The molecule has 0 bridgehead atoms. The summed E-state index contributed by atoms with van der Waals surface area (Å²) in [6.45, 7) is 0. The van der Waals surface area contributed by atoms with E-state index in [1.54, 1.807) is 18.3 Å². The van der Waals surface area contributed by atoms with Crippen molar-refractivity contribution in [1.29, 1.82) is 0 Å². The Morgan fingerprint density at radius 2 is 1.53 bits per heavy atom. The Morgan fingerprint density at radius 1 is 0.767 bits per heavy atom. The minimum absolute atomic E-state index is 0.265. The Labute approximate surface area is 173 Å². The number of nitrogens with one attached hydrogen (secondary N) is 1. The Morgan fingerprint density at radius 3 is 2.37 bits per heavy atom. The molecule has 0 aliphatic rings. The fraction of sp³-hybridized carbons (Fsp3) is 0. The quantitative estimate of drug-likeness (QED) is 0.212. The summed E-state index contributed by atoms with van der Waals surface area (Å²) in [5.74, 6) is -0.265. The number of rotatable bonds is 4. The van der Waals surface area contributed by atoms with Gasteiger partial charge in [-0.15, -0.1) is 0 Å². The second-order valence-electron chi connectivity index (χ2n) is 7.02. The molecule has 1 N–H and O–H groups in total. The minimum Gasteiger partial charge on any atom is -0.279 e. The van der Waals surface area contributed by atoms with Crippen LogP contribution in [0.15, 0.2) is 102 Å². The summed E-state index contributed by atoms with van der Waals surface area (Å²) in [5, 5.41) is 7.64. The number of anilines is 1. The van der Waals surface area contributed by atoms with Crippen molar-refractivity contribution in [3.63, 3.8) is 0 Å². The summed E-state index contributed by atoms with van der Waals surface area (Å²) >= 11 is 0. The molecule has 5 rings (SSSR count). The van der Waals surface area contributed by atoms with Gasteiger partial charge < -0.3 is 0 Å². The first-order valence-electron chi connectivity index (χ1n) is 9.70. The molecule has 0 aliphatic heterocycles. The zero-order chi connectivity index (χ0) is 20.3. The highest BCUT2D eigenvalue weighted by atomic mass is 19.1. The lowest BCUT2D eigenvalue weighted by Gasteiger charge is -2.10. The van der Waals surface area contributed by atoms with Gasteiger partial charge in [0, 0.05) is 21.9 Å². The van der Waals surface area contributed by atoms with E-state index < -0.39 is 0 Å². The second kappa shape index (κ2) is 7.76. The third-order valence-corrected chi connectivity index (χ3v) is 5.05. The van der Waals surface area contributed by atoms with Gasteiger partial charge in [0.25, 0.3) is 0 Å². The molecule has 144 valence electrons. The summed E-state index contributed by atoms with van der Waals surface area (Å²) in [5.41, 5.74) is 7.45. The normalized spacial score (nSPS) is 11.4. The highest BCUT2D eigenvalue weighted by Gasteiger charge is 2.10. The number of pyridine rings is 1. The lowest BCUT2D eigenvalue weighted by molar-refractivity contribution is 0.628. The molecule has 5 aromatic rings. The van der Waals surface area contributed by atoms with Crippen molar-refractivity contribution < 1.29 is 4.39 Å². The van der Waals surface area contributed by atoms with Crippen LogP contribution in [0.5, 0.6) is 0 Å². The van der Waals surface area contributed by atoms with Crippen LogP contribution in [0.4, 0.5) is 10.1 Å². The van der Waals surface area contributed by atoms with Gasteiger partial charge in [-0.1, -0.05) is 54.6 Å². The lowest BCUT2D eigenvalue weighted by atomic mass is 10.0. The molecular formula is C26H18FN3. The summed E-state index contributed by atoms with van der Waals surface area (Å²) in [7, 11) is 0. The molecule has 1 heterocycles. The van der Waals surface area contributed by atoms with Gasteiger partial charge >= 0.3 is 0 Å². The van der Waals surface area contributed by atoms with E-state index in [0.29, 0.717) is 0 Å². The number of hydrazone groups is 1. The summed E-state index contributed by atoms with van der Waals surface area (Å²) in [6.07, 6.45) is 1.80. The zero-order valence-electron chi connectivity index (χ0n) is 16.1. The Bertz CT molecular complexity index is 1360.